The molecule has 5 nitrogen and oxygen atoms in total. The van der Waals surface area contributed by atoms with E-state index in [0.717, 1.165) is 9.86 Å². The molecule has 1 aliphatic rings. The smallest absolute Gasteiger partial charge is 0.261 e. The molecule has 114 valence electrons. The normalized spacial score (nSPS) is 14.3. The van der Waals surface area contributed by atoms with Crippen LogP contribution in [0.4, 0.5) is 5.69 Å². The van der Waals surface area contributed by atoms with Crippen molar-refractivity contribution < 1.29 is 9.59 Å². The molecule has 0 saturated heterocycles. The van der Waals surface area contributed by atoms with Gasteiger partial charge < -0.3 is 10.6 Å². The molecule has 0 fully saturated rings. The first-order valence-electron chi connectivity index (χ1n) is 6.93. The first-order valence-corrected chi connectivity index (χ1v) is 7.72. The molecular formula is C16H16BrN3O2. The second kappa shape index (κ2) is 5.37. The third-order valence-electron chi connectivity index (χ3n) is 3.85. The summed E-state index contributed by atoms with van der Waals surface area (Å²) in [5.74, 6) is -0.531. The number of imide groups is 1. The van der Waals surface area contributed by atoms with E-state index in [2.05, 4.69) is 15.9 Å². The minimum absolute atomic E-state index is 0.248. The van der Waals surface area contributed by atoms with Crippen molar-refractivity contribution in [3.05, 3.63) is 39.9 Å². The van der Waals surface area contributed by atoms with Crippen molar-refractivity contribution in [1.82, 2.24) is 9.80 Å². The predicted molar refractivity (Wildman–Crippen MR) is 90.0 cm³/mol. The van der Waals surface area contributed by atoms with Gasteiger partial charge >= 0.3 is 0 Å². The van der Waals surface area contributed by atoms with Gasteiger partial charge in [0.15, 0.2) is 0 Å². The number of likely N-dealkylation sites (N-methyl/N-ethyl adjacent to an activating group) is 1. The van der Waals surface area contributed by atoms with Crippen molar-refractivity contribution in [3.63, 3.8) is 0 Å². The van der Waals surface area contributed by atoms with Crippen molar-refractivity contribution in [3.8, 4) is 0 Å². The number of carbonyl (C=O) groups is 2. The topological polar surface area (TPSA) is 66.6 Å². The number of halogens is 1. The van der Waals surface area contributed by atoms with E-state index in [1.807, 2.05) is 31.1 Å². The second-order valence-electron chi connectivity index (χ2n) is 5.62. The Kier molecular flexibility index (Phi) is 3.66. The number of anilines is 1. The Hall–Kier alpha value is -1.92. The number of carbonyl (C=O) groups excluding carboxylic acids is 2. The highest BCUT2D eigenvalue weighted by atomic mass is 79.9. The monoisotopic (exact) mass is 361 g/mol. The van der Waals surface area contributed by atoms with Crippen molar-refractivity contribution in [2.24, 2.45) is 0 Å². The van der Waals surface area contributed by atoms with Gasteiger partial charge in [0.2, 0.25) is 0 Å². The summed E-state index contributed by atoms with van der Waals surface area (Å²) in [5, 5.41) is 1.47. The summed E-state index contributed by atoms with van der Waals surface area (Å²) in [6.07, 6.45) is 0. The fourth-order valence-corrected chi connectivity index (χ4v) is 3.15. The Morgan fingerprint density at radius 2 is 1.86 bits per heavy atom. The summed E-state index contributed by atoms with van der Waals surface area (Å²) >= 11 is 3.44. The molecule has 3 rings (SSSR count). The van der Waals surface area contributed by atoms with Gasteiger partial charge in [-0.3, -0.25) is 14.5 Å². The van der Waals surface area contributed by atoms with Crippen LogP contribution in [0.5, 0.6) is 0 Å². The molecule has 0 saturated carbocycles. The van der Waals surface area contributed by atoms with E-state index in [9.17, 15) is 9.59 Å². The van der Waals surface area contributed by atoms with Crippen LogP contribution in [-0.2, 0) is 0 Å². The zero-order chi connectivity index (χ0) is 16.0. The van der Waals surface area contributed by atoms with Crippen molar-refractivity contribution >= 4 is 44.2 Å². The summed E-state index contributed by atoms with van der Waals surface area (Å²) in [5.41, 5.74) is 7.52. The second-order valence-corrected chi connectivity index (χ2v) is 6.41. The summed E-state index contributed by atoms with van der Waals surface area (Å²) < 4.78 is 0.718. The van der Waals surface area contributed by atoms with E-state index in [0.29, 0.717) is 35.3 Å². The average molecular weight is 362 g/mol. The molecule has 6 heteroatoms. The standard InChI is InChI=1S/C16H16BrN3O2/c1-19(2)6-7-20-15(21)10-5-3-4-9-13(10)11(16(20)22)8-12(18)14(9)17/h3-5,8H,6-7,18H2,1-2H3. The van der Waals surface area contributed by atoms with E-state index < -0.39 is 0 Å². The molecule has 1 aliphatic heterocycles. The number of hydrogen-bond donors (Lipinski definition) is 1. The van der Waals surface area contributed by atoms with E-state index >= 15 is 0 Å². The number of nitrogens with zero attached hydrogens (tertiary/aromatic N) is 2. The minimum atomic E-state index is -0.283. The minimum Gasteiger partial charge on any atom is -0.398 e. The van der Waals surface area contributed by atoms with Crippen LogP contribution in [0.25, 0.3) is 10.8 Å². The molecule has 0 aromatic heterocycles. The van der Waals surface area contributed by atoms with Gasteiger partial charge in [0.1, 0.15) is 0 Å². The Morgan fingerprint density at radius 1 is 1.18 bits per heavy atom. The molecule has 0 bridgehead atoms. The van der Waals surface area contributed by atoms with Crippen LogP contribution in [0, 0.1) is 0 Å². The average Bonchev–Trinajstić information content (AvgIpc) is 2.48. The molecule has 22 heavy (non-hydrogen) atoms. The van der Waals surface area contributed by atoms with Crippen LogP contribution in [0.15, 0.2) is 28.7 Å². The molecule has 2 amide bonds. The van der Waals surface area contributed by atoms with Crippen LogP contribution in [0.2, 0.25) is 0 Å². The SMILES string of the molecule is CN(C)CCN1C(=O)c2cccc3c(Br)c(N)cc(c23)C1=O. The van der Waals surface area contributed by atoms with E-state index in [1.165, 1.54) is 4.90 Å². The molecule has 2 aromatic carbocycles. The summed E-state index contributed by atoms with van der Waals surface area (Å²) in [4.78, 5) is 28.6. The Balaban J connectivity index is 2.20. The number of rotatable bonds is 3. The molecule has 0 atom stereocenters. The number of nitrogen functional groups attached to an aromatic ring is 1. The molecular weight excluding hydrogens is 346 g/mol. The first-order chi connectivity index (χ1) is 10.4. The third kappa shape index (κ3) is 2.19. The molecule has 0 aliphatic carbocycles. The van der Waals surface area contributed by atoms with Gasteiger partial charge in [0, 0.05) is 34.2 Å². The van der Waals surface area contributed by atoms with Gasteiger partial charge in [0.25, 0.3) is 11.8 Å². The van der Waals surface area contributed by atoms with Gasteiger partial charge in [-0.25, -0.2) is 0 Å². The quantitative estimate of drug-likeness (QED) is 0.672. The Morgan fingerprint density at radius 3 is 2.55 bits per heavy atom. The highest BCUT2D eigenvalue weighted by Crippen LogP contribution is 2.37. The fourth-order valence-electron chi connectivity index (χ4n) is 2.70. The van der Waals surface area contributed by atoms with Crippen molar-refractivity contribution in [2.75, 3.05) is 32.9 Å². The lowest BCUT2D eigenvalue weighted by atomic mass is 9.93. The maximum atomic E-state index is 12.7. The highest BCUT2D eigenvalue weighted by molar-refractivity contribution is 9.10. The molecule has 1 heterocycles. The van der Waals surface area contributed by atoms with Gasteiger partial charge in [-0.2, -0.15) is 0 Å². The fraction of sp³-hybridized carbons (Fsp3) is 0.250. The summed E-state index contributed by atoms with van der Waals surface area (Å²) in [7, 11) is 3.81. The summed E-state index contributed by atoms with van der Waals surface area (Å²) in [6.45, 7) is 0.977. The van der Waals surface area contributed by atoms with Crippen LogP contribution < -0.4 is 5.73 Å². The van der Waals surface area contributed by atoms with Crippen LogP contribution >= 0.6 is 15.9 Å². The maximum absolute atomic E-state index is 12.7. The van der Waals surface area contributed by atoms with Crippen LogP contribution in [0.1, 0.15) is 20.7 Å². The highest BCUT2D eigenvalue weighted by Gasteiger charge is 2.33. The maximum Gasteiger partial charge on any atom is 0.261 e. The molecule has 0 unspecified atom stereocenters. The lowest BCUT2D eigenvalue weighted by molar-refractivity contribution is 0.0601. The van der Waals surface area contributed by atoms with Gasteiger partial charge in [-0.15, -0.1) is 0 Å². The Labute approximate surface area is 136 Å². The van der Waals surface area contributed by atoms with Crippen LogP contribution in [-0.4, -0.2) is 48.8 Å². The van der Waals surface area contributed by atoms with Crippen molar-refractivity contribution in [2.45, 2.75) is 0 Å². The van der Waals surface area contributed by atoms with Crippen molar-refractivity contribution in [1.29, 1.82) is 0 Å². The summed E-state index contributed by atoms with van der Waals surface area (Å²) in [6, 6.07) is 7.07. The number of amides is 2. The molecule has 2 N–H and O–H groups in total. The molecule has 2 aromatic rings. The van der Waals surface area contributed by atoms with E-state index in [1.54, 1.807) is 12.1 Å². The molecule has 0 radical (unpaired) electrons. The Bertz CT molecular complexity index is 802. The van der Waals surface area contributed by atoms with Gasteiger partial charge in [-0.05, 0) is 47.5 Å². The van der Waals surface area contributed by atoms with Gasteiger partial charge in [0.05, 0.1) is 5.56 Å². The zero-order valence-electron chi connectivity index (χ0n) is 12.4. The number of benzene rings is 2. The van der Waals surface area contributed by atoms with Crippen LogP contribution in [0.3, 0.4) is 0 Å². The van der Waals surface area contributed by atoms with E-state index in [4.69, 9.17) is 5.73 Å². The third-order valence-corrected chi connectivity index (χ3v) is 4.73. The van der Waals surface area contributed by atoms with E-state index in [-0.39, 0.29) is 11.8 Å². The lowest BCUT2D eigenvalue weighted by Crippen LogP contribution is -2.43. The predicted octanol–water partition coefficient (Wildman–Crippen LogP) is 2.34. The zero-order valence-corrected chi connectivity index (χ0v) is 14.0. The lowest BCUT2D eigenvalue weighted by Gasteiger charge is -2.28. The largest absolute Gasteiger partial charge is 0.398 e. The number of nitrogens with two attached hydrogens (primary N) is 1. The van der Waals surface area contributed by atoms with Gasteiger partial charge in [-0.1, -0.05) is 12.1 Å². The molecule has 0 spiro atoms. The number of hydrogen-bond acceptors (Lipinski definition) is 4. The first kappa shape index (κ1) is 15.0.